The summed E-state index contributed by atoms with van der Waals surface area (Å²) >= 11 is 0. The first kappa shape index (κ1) is 15.3. The fourth-order valence-electron chi connectivity index (χ4n) is 2.95. The van der Waals surface area contributed by atoms with E-state index >= 15 is 0 Å². The summed E-state index contributed by atoms with van der Waals surface area (Å²) in [6, 6.07) is 7.37. The van der Waals surface area contributed by atoms with Gasteiger partial charge in [-0.3, -0.25) is 0 Å². The number of aliphatic hydroxyl groups is 1. The summed E-state index contributed by atoms with van der Waals surface area (Å²) < 4.78 is 24.2. The fraction of sp³-hybridized carbons (Fsp3) is 0.600. The van der Waals surface area contributed by atoms with Crippen molar-refractivity contribution in [3.63, 3.8) is 0 Å². The van der Waals surface area contributed by atoms with E-state index in [2.05, 4.69) is 5.32 Å². The Morgan fingerprint density at radius 2 is 2.05 bits per heavy atom. The second-order valence-corrected chi connectivity index (χ2v) is 7.60. The van der Waals surface area contributed by atoms with E-state index in [9.17, 15) is 8.42 Å². The van der Waals surface area contributed by atoms with Crippen LogP contribution in [-0.4, -0.2) is 31.9 Å². The predicted molar refractivity (Wildman–Crippen MR) is 80.6 cm³/mol. The maximum Gasteiger partial charge on any atom is 0.180 e. The van der Waals surface area contributed by atoms with Crippen LogP contribution in [0, 0.1) is 5.92 Å². The Morgan fingerprint density at radius 3 is 2.75 bits per heavy atom. The van der Waals surface area contributed by atoms with Crippen molar-refractivity contribution in [2.24, 2.45) is 5.92 Å². The Kier molecular flexibility index (Phi) is 5.05. The van der Waals surface area contributed by atoms with Crippen LogP contribution < -0.4 is 5.32 Å². The van der Waals surface area contributed by atoms with E-state index in [4.69, 9.17) is 5.11 Å². The lowest BCUT2D eigenvalue weighted by Gasteiger charge is -2.23. The molecule has 5 heteroatoms. The van der Waals surface area contributed by atoms with Gasteiger partial charge in [0.1, 0.15) is 0 Å². The van der Waals surface area contributed by atoms with Crippen molar-refractivity contribution >= 4 is 15.5 Å². The molecule has 2 N–H and O–H groups in total. The first-order valence-electron chi connectivity index (χ1n) is 7.27. The fourth-order valence-corrected chi connectivity index (χ4v) is 4.01. The van der Waals surface area contributed by atoms with Gasteiger partial charge >= 0.3 is 0 Å². The van der Waals surface area contributed by atoms with Crippen molar-refractivity contribution in [2.75, 3.05) is 17.7 Å². The zero-order valence-electron chi connectivity index (χ0n) is 11.9. The summed E-state index contributed by atoms with van der Waals surface area (Å²) in [4.78, 5) is 0.386. The van der Waals surface area contributed by atoms with E-state index in [-0.39, 0.29) is 18.4 Å². The van der Waals surface area contributed by atoms with Crippen LogP contribution in [0.3, 0.4) is 0 Å². The van der Waals surface area contributed by atoms with Gasteiger partial charge in [0.05, 0.1) is 16.3 Å². The van der Waals surface area contributed by atoms with Gasteiger partial charge in [0.2, 0.25) is 0 Å². The van der Waals surface area contributed by atoms with Crippen molar-refractivity contribution in [1.29, 1.82) is 0 Å². The summed E-state index contributed by atoms with van der Waals surface area (Å²) in [6.07, 6.45) is 4.04. The van der Waals surface area contributed by atoms with Gasteiger partial charge in [-0.2, -0.15) is 0 Å². The average Bonchev–Trinajstić information content (AvgIpc) is 2.87. The molecule has 2 atom stereocenters. The molecule has 112 valence electrons. The summed E-state index contributed by atoms with van der Waals surface area (Å²) in [6.45, 7) is 1.86. The molecule has 1 aromatic rings. The van der Waals surface area contributed by atoms with E-state index in [0.29, 0.717) is 16.5 Å². The third kappa shape index (κ3) is 3.33. The van der Waals surface area contributed by atoms with E-state index in [1.807, 2.05) is 12.1 Å². The molecule has 0 bridgehead atoms. The number of nitrogens with one attached hydrogen (secondary N) is 1. The van der Waals surface area contributed by atoms with Crippen molar-refractivity contribution in [3.8, 4) is 0 Å². The highest BCUT2D eigenvalue weighted by Gasteiger charge is 2.28. The molecule has 0 radical (unpaired) electrons. The second kappa shape index (κ2) is 6.59. The summed E-state index contributed by atoms with van der Waals surface area (Å²) in [5, 5.41) is 12.5. The molecule has 4 nitrogen and oxygen atoms in total. The van der Waals surface area contributed by atoms with Gasteiger partial charge in [-0.1, -0.05) is 25.5 Å². The summed E-state index contributed by atoms with van der Waals surface area (Å²) in [5.74, 6) is 0.536. The third-order valence-electron chi connectivity index (χ3n) is 4.10. The molecule has 0 unspecified atom stereocenters. The van der Waals surface area contributed by atoms with E-state index < -0.39 is 9.84 Å². The number of sulfone groups is 1. The molecule has 1 fully saturated rings. The minimum atomic E-state index is -3.21. The standard InChI is InChI=1S/C15H23NO3S/c1-2-20(18,19)15-9-4-3-7-14(15)16-13-8-5-6-12(13)10-11-17/h3-4,7,9,12-13,16-17H,2,5-6,8,10-11H2,1H3/t12-,13+/m1/s1. The molecule has 1 saturated carbocycles. The van der Waals surface area contributed by atoms with Crippen molar-refractivity contribution < 1.29 is 13.5 Å². The van der Waals surface area contributed by atoms with Crippen LogP contribution in [0.15, 0.2) is 29.2 Å². The average molecular weight is 297 g/mol. The smallest absolute Gasteiger partial charge is 0.180 e. The second-order valence-electron chi connectivity index (χ2n) is 5.35. The Balaban J connectivity index is 2.22. The molecule has 0 aliphatic heterocycles. The largest absolute Gasteiger partial charge is 0.396 e. The number of rotatable bonds is 6. The van der Waals surface area contributed by atoms with Gasteiger partial charge in [-0.05, 0) is 37.3 Å². The zero-order valence-corrected chi connectivity index (χ0v) is 12.7. The van der Waals surface area contributed by atoms with E-state index in [1.54, 1.807) is 19.1 Å². The number of aliphatic hydroxyl groups excluding tert-OH is 1. The lowest BCUT2D eigenvalue weighted by molar-refractivity contribution is 0.254. The molecule has 1 aliphatic rings. The van der Waals surface area contributed by atoms with Crippen molar-refractivity contribution in [3.05, 3.63) is 24.3 Å². The Hall–Kier alpha value is -1.07. The molecule has 0 amide bonds. The first-order valence-corrected chi connectivity index (χ1v) is 8.93. The molecule has 1 aliphatic carbocycles. The van der Waals surface area contributed by atoms with E-state index in [0.717, 1.165) is 25.7 Å². The van der Waals surface area contributed by atoms with Gasteiger partial charge in [0.15, 0.2) is 9.84 Å². The highest BCUT2D eigenvalue weighted by molar-refractivity contribution is 7.91. The monoisotopic (exact) mass is 297 g/mol. The Morgan fingerprint density at radius 1 is 1.30 bits per heavy atom. The number of hydrogen-bond acceptors (Lipinski definition) is 4. The normalized spacial score (nSPS) is 22.9. The Bertz CT molecular complexity index is 542. The van der Waals surface area contributed by atoms with Crippen LogP contribution in [0.2, 0.25) is 0 Å². The van der Waals surface area contributed by atoms with Crippen LogP contribution in [0.1, 0.15) is 32.6 Å². The quantitative estimate of drug-likeness (QED) is 0.846. The zero-order chi connectivity index (χ0) is 14.6. The minimum absolute atomic E-state index is 0.108. The van der Waals surface area contributed by atoms with Crippen molar-refractivity contribution in [2.45, 2.75) is 43.5 Å². The lowest BCUT2D eigenvalue weighted by atomic mass is 10.00. The van der Waals surface area contributed by atoms with Crippen LogP contribution in [0.5, 0.6) is 0 Å². The van der Waals surface area contributed by atoms with Crippen LogP contribution in [0.25, 0.3) is 0 Å². The molecule has 1 aromatic carbocycles. The maximum atomic E-state index is 12.1. The van der Waals surface area contributed by atoms with Gasteiger partial charge < -0.3 is 10.4 Å². The number of hydrogen-bond donors (Lipinski definition) is 2. The number of para-hydroxylation sites is 1. The summed E-state index contributed by atoms with van der Waals surface area (Å²) in [5.41, 5.74) is 0.698. The van der Waals surface area contributed by atoms with Gasteiger partial charge in [0.25, 0.3) is 0 Å². The summed E-state index contributed by atoms with van der Waals surface area (Å²) in [7, 11) is -3.21. The lowest BCUT2D eigenvalue weighted by Crippen LogP contribution is -2.25. The van der Waals surface area contributed by atoms with Crippen molar-refractivity contribution in [1.82, 2.24) is 0 Å². The highest BCUT2D eigenvalue weighted by atomic mass is 32.2. The minimum Gasteiger partial charge on any atom is -0.396 e. The topological polar surface area (TPSA) is 66.4 Å². The van der Waals surface area contributed by atoms with Crippen LogP contribution in [0.4, 0.5) is 5.69 Å². The molecular weight excluding hydrogens is 274 g/mol. The predicted octanol–water partition coefficient (Wildman–Crippen LogP) is 2.44. The van der Waals surface area contributed by atoms with Crippen LogP contribution >= 0.6 is 0 Å². The van der Waals surface area contributed by atoms with Crippen LogP contribution in [-0.2, 0) is 9.84 Å². The number of benzene rings is 1. The molecule has 0 aromatic heterocycles. The van der Waals surface area contributed by atoms with Gasteiger partial charge in [-0.25, -0.2) is 8.42 Å². The highest BCUT2D eigenvalue weighted by Crippen LogP contribution is 2.32. The number of anilines is 1. The van der Waals surface area contributed by atoms with Gasteiger partial charge in [0, 0.05) is 12.6 Å². The molecular formula is C15H23NO3S. The first-order chi connectivity index (χ1) is 9.58. The van der Waals surface area contributed by atoms with Gasteiger partial charge in [-0.15, -0.1) is 0 Å². The molecule has 0 spiro atoms. The van der Waals surface area contributed by atoms with E-state index in [1.165, 1.54) is 0 Å². The maximum absolute atomic E-state index is 12.1. The molecule has 0 heterocycles. The molecule has 20 heavy (non-hydrogen) atoms. The third-order valence-corrected chi connectivity index (χ3v) is 5.89. The molecule has 0 saturated heterocycles. The Labute approximate surface area is 121 Å². The SMILES string of the molecule is CCS(=O)(=O)c1ccccc1N[C@H]1CCC[C@@H]1CCO. The molecule has 2 rings (SSSR count).